The Morgan fingerprint density at radius 2 is 2.14 bits per heavy atom. The number of aromatic nitrogens is 2. The largest absolute Gasteiger partial charge is 0.339 e. The van der Waals surface area contributed by atoms with Gasteiger partial charge in [0.15, 0.2) is 5.82 Å². The van der Waals surface area contributed by atoms with E-state index in [-0.39, 0.29) is 0 Å². The van der Waals surface area contributed by atoms with E-state index in [1.165, 1.54) is 12.8 Å². The van der Waals surface area contributed by atoms with Gasteiger partial charge in [0, 0.05) is 11.8 Å². The first kappa shape index (κ1) is 9.69. The standard InChI is InChI=1S/C11H18N2O/c1-4-9(7(2)3)11-12-10(13-14-11)8-5-6-8/h7-9H,4-6H2,1-3H3/t9-/m1/s1. The Hall–Kier alpha value is -0.860. The molecule has 1 saturated carbocycles. The normalized spacial score (nSPS) is 18.9. The second-order valence-electron chi connectivity index (χ2n) is 4.52. The highest BCUT2D eigenvalue weighted by Gasteiger charge is 2.30. The first-order valence-electron chi connectivity index (χ1n) is 5.55. The SMILES string of the molecule is CC[C@@H](c1nc(C2CC2)no1)C(C)C. The van der Waals surface area contributed by atoms with Crippen molar-refractivity contribution in [3.8, 4) is 0 Å². The van der Waals surface area contributed by atoms with Crippen molar-refractivity contribution in [1.29, 1.82) is 0 Å². The zero-order valence-corrected chi connectivity index (χ0v) is 9.16. The number of nitrogens with zero attached hydrogens (tertiary/aromatic N) is 2. The number of hydrogen-bond acceptors (Lipinski definition) is 3. The van der Waals surface area contributed by atoms with Gasteiger partial charge in [0.05, 0.1) is 0 Å². The average molecular weight is 194 g/mol. The Labute approximate surface area is 84.9 Å². The molecule has 0 aromatic carbocycles. The highest BCUT2D eigenvalue weighted by Crippen LogP contribution is 2.39. The van der Waals surface area contributed by atoms with Crippen LogP contribution in [0, 0.1) is 5.92 Å². The van der Waals surface area contributed by atoms with Crippen molar-refractivity contribution < 1.29 is 4.52 Å². The third-order valence-electron chi connectivity index (χ3n) is 2.96. The summed E-state index contributed by atoms with van der Waals surface area (Å²) in [5.41, 5.74) is 0. The molecule has 0 N–H and O–H groups in total. The maximum Gasteiger partial charge on any atom is 0.230 e. The van der Waals surface area contributed by atoms with Gasteiger partial charge in [0.2, 0.25) is 5.89 Å². The molecule has 0 amide bonds. The van der Waals surface area contributed by atoms with Crippen LogP contribution in [0.2, 0.25) is 0 Å². The van der Waals surface area contributed by atoms with Crippen LogP contribution in [0.4, 0.5) is 0 Å². The van der Waals surface area contributed by atoms with E-state index in [9.17, 15) is 0 Å². The van der Waals surface area contributed by atoms with Crippen LogP contribution in [0.25, 0.3) is 0 Å². The van der Waals surface area contributed by atoms with Crippen LogP contribution in [-0.4, -0.2) is 10.1 Å². The molecular weight excluding hydrogens is 176 g/mol. The third kappa shape index (κ3) is 1.81. The molecule has 1 aliphatic carbocycles. The van der Waals surface area contributed by atoms with Crippen molar-refractivity contribution in [1.82, 2.24) is 10.1 Å². The van der Waals surface area contributed by atoms with E-state index in [2.05, 4.69) is 30.9 Å². The summed E-state index contributed by atoms with van der Waals surface area (Å²) in [7, 11) is 0. The van der Waals surface area contributed by atoms with Gasteiger partial charge in [0.1, 0.15) is 0 Å². The topological polar surface area (TPSA) is 38.9 Å². The lowest BCUT2D eigenvalue weighted by molar-refractivity contribution is 0.314. The average Bonchev–Trinajstić information content (AvgIpc) is 2.88. The molecule has 1 atom stereocenters. The molecule has 14 heavy (non-hydrogen) atoms. The first-order chi connectivity index (χ1) is 6.72. The Balaban J connectivity index is 2.13. The Bertz CT molecular complexity index is 302. The predicted octanol–water partition coefficient (Wildman–Crippen LogP) is 3.10. The van der Waals surface area contributed by atoms with Crippen molar-refractivity contribution in [2.24, 2.45) is 5.92 Å². The third-order valence-corrected chi connectivity index (χ3v) is 2.96. The highest BCUT2D eigenvalue weighted by molar-refractivity contribution is 5.05. The zero-order valence-electron chi connectivity index (χ0n) is 9.16. The molecule has 1 aliphatic rings. The van der Waals surface area contributed by atoms with E-state index < -0.39 is 0 Å². The van der Waals surface area contributed by atoms with Gasteiger partial charge in [-0.1, -0.05) is 25.9 Å². The predicted molar refractivity (Wildman–Crippen MR) is 54.1 cm³/mol. The van der Waals surface area contributed by atoms with E-state index in [0.29, 0.717) is 17.8 Å². The van der Waals surface area contributed by atoms with E-state index in [0.717, 1.165) is 18.1 Å². The molecule has 0 bridgehead atoms. The summed E-state index contributed by atoms with van der Waals surface area (Å²) in [5.74, 6) is 3.36. The minimum Gasteiger partial charge on any atom is -0.339 e. The molecule has 1 fully saturated rings. The quantitative estimate of drug-likeness (QED) is 0.739. The van der Waals surface area contributed by atoms with Crippen LogP contribution in [0.15, 0.2) is 4.52 Å². The molecule has 2 rings (SSSR count). The molecule has 0 saturated heterocycles. The lowest BCUT2D eigenvalue weighted by Gasteiger charge is -2.13. The Morgan fingerprint density at radius 1 is 1.43 bits per heavy atom. The molecule has 0 unspecified atom stereocenters. The molecule has 3 nitrogen and oxygen atoms in total. The molecule has 0 aliphatic heterocycles. The first-order valence-corrected chi connectivity index (χ1v) is 5.55. The molecule has 78 valence electrons. The van der Waals surface area contributed by atoms with Crippen LogP contribution in [0.5, 0.6) is 0 Å². The van der Waals surface area contributed by atoms with Gasteiger partial charge >= 0.3 is 0 Å². The number of hydrogen-bond donors (Lipinski definition) is 0. The van der Waals surface area contributed by atoms with Crippen LogP contribution in [-0.2, 0) is 0 Å². The van der Waals surface area contributed by atoms with E-state index >= 15 is 0 Å². The van der Waals surface area contributed by atoms with Gasteiger partial charge in [-0.3, -0.25) is 0 Å². The van der Waals surface area contributed by atoms with E-state index in [1.807, 2.05) is 0 Å². The molecule has 1 heterocycles. The van der Waals surface area contributed by atoms with Crippen LogP contribution in [0.1, 0.15) is 63.6 Å². The fourth-order valence-electron chi connectivity index (χ4n) is 1.84. The van der Waals surface area contributed by atoms with Crippen molar-refractivity contribution in [3.05, 3.63) is 11.7 Å². The Kier molecular flexibility index (Phi) is 2.57. The zero-order chi connectivity index (χ0) is 10.1. The van der Waals surface area contributed by atoms with E-state index in [4.69, 9.17) is 4.52 Å². The van der Waals surface area contributed by atoms with Crippen molar-refractivity contribution >= 4 is 0 Å². The minimum absolute atomic E-state index is 0.426. The van der Waals surface area contributed by atoms with Gasteiger partial charge in [-0.25, -0.2) is 0 Å². The monoisotopic (exact) mass is 194 g/mol. The van der Waals surface area contributed by atoms with Gasteiger partial charge in [-0.2, -0.15) is 4.98 Å². The summed E-state index contributed by atoms with van der Waals surface area (Å²) < 4.78 is 5.32. The van der Waals surface area contributed by atoms with Crippen LogP contribution < -0.4 is 0 Å². The molecule has 1 aromatic heterocycles. The molecular formula is C11H18N2O. The van der Waals surface area contributed by atoms with Crippen LogP contribution in [0.3, 0.4) is 0 Å². The Morgan fingerprint density at radius 3 is 2.64 bits per heavy atom. The van der Waals surface area contributed by atoms with Gasteiger partial charge in [-0.15, -0.1) is 0 Å². The summed E-state index contributed by atoms with van der Waals surface area (Å²) in [5, 5.41) is 4.04. The summed E-state index contributed by atoms with van der Waals surface area (Å²) in [6.07, 6.45) is 3.54. The fraction of sp³-hybridized carbons (Fsp3) is 0.818. The summed E-state index contributed by atoms with van der Waals surface area (Å²) in [6, 6.07) is 0. The van der Waals surface area contributed by atoms with Crippen molar-refractivity contribution in [3.63, 3.8) is 0 Å². The highest BCUT2D eigenvalue weighted by atomic mass is 16.5. The second kappa shape index (κ2) is 3.71. The second-order valence-corrected chi connectivity index (χ2v) is 4.52. The molecule has 3 heteroatoms. The minimum atomic E-state index is 0.426. The molecule has 0 radical (unpaired) electrons. The lowest BCUT2D eigenvalue weighted by atomic mass is 9.93. The van der Waals surface area contributed by atoms with Crippen molar-refractivity contribution in [2.75, 3.05) is 0 Å². The summed E-state index contributed by atoms with van der Waals surface area (Å²) >= 11 is 0. The maximum absolute atomic E-state index is 5.32. The van der Waals surface area contributed by atoms with Gasteiger partial charge in [-0.05, 0) is 25.2 Å². The smallest absolute Gasteiger partial charge is 0.230 e. The van der Waals surface area contributed by atoms with Crippen LogP contribution >= 0.6 is 0 Å². The van der Waals surface area contributed by atoms with E-state index in [1.54, 1.807) is 0 Å². The van der Waals surface area contributed by atoms with Crippen molar-refractivity contribution in [2.45, 2.75) is 51.9 Å². The van der Waals surface area contributed by atoms with Gasteiger partial charge in [0.25, 0.3) is 0 Å². The molecule has 0 spiro atoms. The van der Waals surface area contributed by atoms with Gasteiger partial charge < -0.3 is 4.52 Å². The fourth-order valence-corrected chi connectivity index (χ4v) is 1.84. The molecule has 1 aromatic rings. The summed E-state index contributed by atoms with van der Waals surface area (Å²) in [6.45, 7) is 6.58. The summed E-state index contributed by atoms with van der Waals surface area (Å²) in [4.78, 5) is 4.49. The lowest BCUT2D eigenvalue weighted by Crippen LogP contribution is -2.05. The maximum atomic E-state index is 5.32. The number of rotatable bonds is 4.